The number of carbonyl (C=O) groups excluding carboxylic acids is 1. The van der Waals surface area contributed by atoms with Crippen molar-refractivity contribution in [1.29, 1.82) is 0 Å². The number of hydrogen-bond donors (Lipinski definition) is 1. The number of nitrogens with zero attached hydrogens (tertiary/aromatic N) is 1. The molecule has 1 N–H and O–H groups in total. The molecule has 0 aliphatic carbocycles. The Bertz CT molecular complexity index is 1290. The summed E-state index contributed by atoms with van der Waals surface area (Å²) in [4.78, 5) is 16.8. The number of anilines is 1. The number of aromatic nitrogens is 1. The monoisotopic (exact) mass is 416 g/mol. The van der Waals surface area contributed by atoms with Crippen molar-refractivity contribution in [1.82, 2.24) is 4.98 Å². The summed E-state index contributed by atoms with van der Waals surface area (Å²) in [5.41, 5.74) is 4.66. The maximum absolute atomic E-state index is 13.3. The first-order chi connectivity index (χ1) is 15.0. The molecule has 4 aromatic rings. The van der Waals surface area contributed by atoms with Crippen LogP contribution in [0.15, 0.2) is 71.5 Å². The second-order valence-corrected chi connectivity index (χ2v) is 7.19. The van der Waals surface area contributed by atoms with Gasteiger partial charge in [-0.1, -0.05) is 18.2 Å². The summed E-state index contributed by atoms with van der Waals surface area (Å²) < 4.78 is 24.6. The number of rotatable bonds is 5. The second-order valence-electron chi connectivity index (χ2n) is 7.19. The van der Waals surface area contributed by atoms with Crippen molar-refractivity contribution in [3.05, 3.63) is 84.0 Å². The van der Waals surface area contributed by atoms with Crippen molar-refractivity contribution >= 4 is 28.3 Å². The van der Waals surface area contributed by atoms with E-state index in [-0.39, 0.29) is 11.7 Å². The molecule has 2 aromatic heterocycles. The van der Waals surface area contributed by atoms with Gasteiger partial charge in [0.25, 0.3) is 0 Å². The van der Waals surface area contributed by atoms with E-state index in [0.717, 1.165) is 33.2 Å². The zero-order chi connectivity index (χ0) is 22.0. The van der Waals surface area contributed by atoms with Crippen LogP contribution >= 0.6 is 0 Å². The van der Waals surface area contributed by atoms with E-state index in [4.69, 9.17) is 9.15 Å². The first kappa shape index (κ1) is 20.3. The Morgan fingerprint density at radius 1 is 1.19 bits per heavy atom. The predicted molar refractivity (Wildman–Crippen MR) is 119 cm³/mol. The molecule has 156 valence electrons. The fourth-order valence-electron chi connectivity index (χ4n) is 3.43. The van der Waals surface area contributed by atoms with E-state index in [1.54, 1.807) is 37.8 Å². The maximum atomic E-state index is 13.3. The number of carbonyl (C=O) groups is 1. The minimum Gasteiger partial charge on any atom is -0.496 e. The molecule has 0 atom stereocenters. The summed E-state index contributed by atoms with van der Waals surface area (Å²) in [5.74, 6) is 0.523. The molecule has 0 fully saturated rings. The van der Waals surface area contributed by atoms with Gasteiger partial charge in [-0.25, -0.2) is 9.37 Å². The fourth-order valence-corrected chi connectivity index (χ4v) is 3.43. The molecular weight excluding hydrogens is 395 g/mol. The van der Waals surface area contributed by atoms with Gasteiger partial charge < -0.3 is 14.5 Å². The number of nitrogens with one attached hydrogen (secondary N) is 1. The standard InChI is InChI=1S/C25H21FN2O3/c1-15-5-4-10-27-25(15)28-24(29)11-16(2)19-12-20-21(17-6-8-18(26)9-7-17)14-31-23(20)13-22(19)30-3/h4-14H,1-3H3,(H,27,28,29)/b16-11+. The molecule has 0 spiro atoms. The van der Waals surface area contributed by atoms with Gasteiger partial charge in [0.2, 0.25) is 5.91 Å². The lowest BCUT2D eigenvalue weighted by molar-refractivity contribution is -0.111. The minimum atomic E-state index is -0.299. The van der Waals surface area contributed by atoms with E-state index < -0.39 is 0 Å². The number of fused-ring (bicyclic) bond motifs is 1. The van der Waals surface area contributed by atoms with Crippen molar-refractivity contribution in [3.63, 3.8) is 0 Å². The fraction of sp³-hybridized carbons (Fsp3) is 0.120. The van der Waals surface area contributed by atoms with E-state index >= 15 is 0 Å². The Morgan fingerprint density at radius 3 is 2.68 bits per heavy atom. The van der Waals surface area contributed by atoms with E-state index in [9.17, 15) is 9.18 Å². The normalized spacial score (nSPS) is 11.5. The lowest BCUT2D eigenvalue weighted by Crippen LogP contribution is -2.11. The van der Waals surface area contributed by atoms with Gasteiger partial charge in [-0.2, -0.15) is 0 Å². The molecule has 0 aliphatic heterocycles. The smallest absolute Gasteiger partial charge is 0.249 e. The first-order valence-electron chi connectivity index (χ1n) is 9.72. The summed E-state index contributed by atoms with van der Waals surface area (Å²) in [7, 11) is 1.57. The summed E-state index contributed by atoms with van der Waals surface area (Å²) in [5, 5.41) is 3.65. The number of hydrogen-bond acceptors (Lipinski definition) is 4. The largest absolute Gasteiger partial charge is 0.496 e. The summed E-state index contributed by atoms with van der Waals surface area (Å²) >= 11 is 0. The zero-order valence-electron chi connectivity index (χ0n) is 17.4. The number of allylic oxidation sites excluding steroid dienone is 1. The Balaban J connectivity index is 1.72. The molecule has 0 radical (unpaired) electrons. The van der Waals surface area contributed by atoms with Crippen LogP contribution in [0.3, 0.4) is 0 Å². The third kappa shape index (κ3) is 4.19. The average Bonchev–Trinajstić information content (AvgIpc) is 3.17. The molecule has 2 aromatic carbocycles. The van der Waals surface area contributed by atoms with Crippen LogP contribution in [0.4, 0.5) is 10.2 Å². The minimum absolute atomic E-state index is 0.285. The number of furan rings is 1. The summed E-state index contributed by atoms with van der Waals surface area (Å²) in [6.07, 6.45) is 4.78. The molecule has 1 amide bonds. The van der Waals surface area contributed by atoms with Crippen molar-refractivity contribution in [3.8, 4) is 16.9 Å². The number of amides is 1. The predicted octanol–water partition coefficient (Wildman–Crippen LogP) is 5.99. The van der Waals surface area contributed by atoms with Crippen LogP contribution in [0.1, 0.15) is 18.1 Å². The highest BCUT2D eigenvalue weighted by molar-refractivity contribution is 6.05. The van der Waals surface area contributed by atoms with Crippen LogP contribution in [-0.4, -0.2) is 18.0 Å². The van der Waals surface area contributed by atoms with Gasteiger partial charge in [-0.05, 0) is 54.8 Å². The average molecular weight is 416 g/mol. The molecule has 0 bridgehead atoms. The van der Waals surface area contributed by atoms with Crippen molar-refractivity contribution in [2.75, 3.05) is 12.4 Å². The molecule has 6 heteroatoms. The lowest BCUT2D eigenvalue weighted by Gasteiger charge is -2.10. The SMILES string of the molecule is COc1cc2occ(-c3ccc(F)cc3)c2cc1/C(C)=C/C(=O)Nc1ncccc1C. The summed E-state index contributed by atoms with van der Waals surface area (Å²) in [6, 6.07) is 13.6. The second kappa shape index (κ2) is 8.44. The highest BCUT2D eigenvalue weighted by Gasteiger charge is 2.15. The van der Waals surface area contributed by atoms with E-state index in [2.05, 4.69) is 10.3 Å². The number of methoxy groups -OCH3 is 1. The van der Waals surface area contributed by atoms with Gasteiger partial charge in [-0.15, -0.1) is 0 Å². The molecule has 0 unspecified atom stereocenters. The maximum Gasteiger partial charge on any atom is 0.249 e. The number of aryl methyl sites for hydroxylation is 1. The molecule has 0 aliphatic rings. The quantitative estimate of drug-likeness (QED) is 0.406. The Labute approximate surface area is 179 Å². The lowest BCUT2D eigenvalue weighted by atomic mass is 9.99. The van der Waals surface area contributed by atoms with Gasteiger partial charge in [0.05, 0.1) is 13.4 Å². The van der Waals surface area contributed by atoms with Crippen LogP contribution in [0, 0.1) is 12.7 Å². The molecule has 4 rings (SSSR count). The Morgan fingerprint density at radius 2 is 1.97 bits per heavy atom. The Hall–Kier alpha value is -3.93. The molecule has 2 heterocycles. The molecule has 31 heavy (non-hydrogen) atoms. The molecule has 0 saturated heterocycles. The number of pyridine rings is 1. The molecule has 5 nitrogen and oxygen atoms in total. The number of ether oxygens (including phenoxy) is 1. The van der Waals surface area contributed by atoms with E-state index in [1.165, 1.54) is 18.2 Å². The van der Waals surface area contributed by atoms with Gasteiger partial charge in [0, 0.05) is 34.9 Å². The number of benzene rings is 2. The highest BCUT2D eigenvalue weighted by atomic mass is 19.1. The van der Waals surface area contributed by atoms with Gasteiger partial charge in [0.1, 0.15) is 23.0 Å². The highest BCUT2D eigenvalue weighted by Crippen LogP contribution is 2.37. The molecular formula is C25H21FN2O3. The zero-order valence-corrected chi connectivity index (χ0v) is 17.4. The van der Waals surface area contributed by atoms with Crippen molar-refractivity contribution in [2.45, 2.75) is 13.8 Å². The molecule has 0 saturated carbocycles. The van der Waals surface area contributed by atoms with Crippen LogP contribution in [0.25, 0.3) is 27.7 Å². The number of halogens is 1. The van der Waals surface area contributed by atoms with Crippen LogP contribution in [0.2, 0.25) is 0 Å². The summed E-state index contributed by atoms with van der Waals surface area (Å²) in [6.45, 7) is 3.72. The Kier molecular flexibility index (Phi) is 5.54. The van der Waals surface area contributed by atoms with Crippen molar-refractivity contribution in [2.24, 2.45) is 0 Å². The van der Waals surface area contributed by atoms with Crippen LogP contribution in [0.5, 0.6) is 5.75 Å². The topological polar surface area (TPSA) is 64.4 Å². The van der Waals surface area contributed by atoms with Crippen LogP contribution < -0.4 is 10.1 Å². The van der Waals surface area contributed by atoms with E-state index in [1.807, 2.05) is 32.0 Å². The van der Waals surface area contributed by atoms with Gasteiger partial charge >= 0.3 is 0 Å². The van der Waals surface area contributed by atoms with Gasteiger partial charge in [0.15, 0.2) is 0 Å². The van der Waals surface area contributed by atoms with Crippen LogP contribution in [-0.2, 0) is 4.79 Å². The van der Waals surface area contributed by atoms with Gasteiger partial charge in [-0.3, -0.25) is 4.79 Å². The third-order valence-electron chi connectivity index (χ3n) is 5.07. The first-order valence-corrected chi connectivity index (χ1v) is 9.72. The van der Waals surface area contributed by atoms with E-state index in [0.29, 0.717) is 17.2 Å². The third-order valence-corrected chi connectivity index (χ3v) is 5.07. The van der Waals surface area contributed by atoms with Crippen molar-refractivity contribution < 1.29 is 18.3 Å².